The van der Waals surface area contributed by atoms with Gasteiger partial charge in [0.2, 0.25) is 0 Å². The van der Waals surface area contributed by atoms with Crippen molar-refractivity contribution in [1.82, 2.24) is 5.32 Å². The molecule has 0 unspecified atom stereocenters. The highest BCUT2D eigenvalue weighted by Crippen LogP contribution is 2.32. The van der Waals surface area contributed by atoms with E-state index in [1.807, 2.05) is 5.32 Å². The molecule has 0 saturated heterocycles. The molecule has 0 fully saturated rings. The van der Waals surface area contributed by atoms with E-state index in [0.29, 0.717) is 5.56 Å². The molecule has 1 aromatic carbocycles. The van der Waals surface area contributed by atoms with E-state index in [4.69, 9.17) is 4.42 Å². The number of nitrogens with one attached hydrogen (secondary N) is 1. The van der Waals surface area contributed by atoms with Crippen LogP contribution in [0.4, 0.5) is 0 Å². The zero-order valence-corrected chi connectivity index (χ0v) is 12.0. The van der Waals surface area contributed by atoms with Crippen molar-refractivity contribution >= 4 is 17.8 Å². The van der Waals surface area contributed by atoms with E-state index in [9.17, 15) is 24.6 Å². The molecule has 1 heterocycles. The maximum absolute atomic E-state index is 11.8. The van der Waals surface area contributed by atoms with E-state index in [-0.39, 0.29) is 11.3 Å². The molecule has 0 bridgehead atoms. The molecular weight excluding hydrogens is 306 g/mol. The van der Waals surface area contributed by atoms with Crippen LogP contribution in [0.15, 0.2) is 34.9 Å². The molecule has 23 heavy (non-hydrogen) atoms. The lowest BCUT2D eigenvalue weighted by molar-refractivity contribution is -0.123. The second-order valence-electron chi connectivity index (χ2n) is 4.56. The number of aryl methyl sites for hydroxylation is 1. The number of ether oxygens (including phenoxy) is 1. The Hall–Kier alpha value is -3.29. The van der Waals surface area contributed by atoms with Gasteiger partial charge in [-0.05, 0) is 30.7 Å². The number of amides is 2. The van der Waals surface area contributed by atoms with Gasteiger partial charge in [-0.25, -0.2) is 4.79 Å². The average molecular weight is 319 g/mol. The Balaban J connectivity index is 1.93. The Morgan fingerprint density at radius 3 is 2.57 bits per heavy atom. The first-order valence-corrected chi connectivity index (χ1v) is 6.46. The van der Waals surface area contributed by atoms with E-state index >= 15 is 0 Å². The third-order valence-electron chi connectivity index (χ3n) is 2.91. The fraction of sp³-hybridized carbons (Fsp3) is 0.133. The van der Waals surface area contributed by atoms with Crippen LogP contribution in [-0.4, -0.2) is 34.6 Å². The van der Waals surface area contributed by atoms with Gasteiger partial charge >= 0.3 is 5.97 Å². The van der Waals surface area contributed by atoms with E-state index in [1.165, 1.54) is 37.5 Å². The summed E-state index contributed by atoms with van der Waals surface area (Å²) < 4.78 is 9.48. The molecule has 120 valence electrons. The summed E-state index contributed by atoms with van der Waals surface area (Å²) in [7, 11) is 0. The van der Waals surface area contributed by atoms with Gasteiger partial charge in [0.05, 0.1) is 6.26 Å². The van der Waals surface area contributed by atoms with Crippen molar-refractivity contribution in [3.05, 3.63) is 47.4 Å². The van der Waals surface area contributed by atoms with Crippen LogP contribution >= 0.6 is 0 Å². The number of phenolic OH excluding ortho intramolecular Hbond substituents is 2. The van der Waals surface area contributed by atoms with Gasteiger partial charge in [0.1, 0.15) is 5.56 Å². The molecule has 0 atom stereocenters. The van der Waals surface area contributed by atoms with Gasteiger partial charge < -0.3 is 19.4 Å². The Morgan fingerprint density at radius 2 is 1.91 bits per heavy atom. The molecule has 1 aromatic heterocycles. The molecule has 3 N–H and O–H groups in total. The van der Waals surface area contributed by atoms with Crippen molar-refractivity contribution in [2.24, 2.45) is 0 Å². The lowest BCUT2D eigenvalue weighted by atomic mass is 10.1. The highest BCUT2D eigenvalue weighted by atomic mass is 16.5. The first-order chi connectivity index (χ1) is 10.9. The number of aromatic hydroxyl groups is 2. The molecule has 0 saturated carbocycles. The Bertz CT molecular complexity index is 749. The fourth-order valence-corrected chi connectivity index (χ4v) is 1.69. The zero-order chi connectivity index (χ0) is 17.0. The predicted octanol–water partition coefficient (Wildman–Crippen LogP) is 1.11. The largest absolute Gasteiger partial charge is 0.504 e. The first kappa shape index (κ1) is 16.1. The summed E-state index contributed by atoms with van der Waals surface area (Å²) in [6, 6.07) is 5.50. The number of esters is 1. The number of carbonyl (C=O) groups excluding carboxylic acids is 3. The van der Waals surface area contributed by atoms with Gasteiger partial charge in [0, 0.05) is 0 Å². The van der Waals surface area contributed by atoms with Gasteiger partial charge in [-0.15, -0.1) is 0 Å². The minimum Gasteiger partial charge on any atom is -0.504 e. The lowest BCUT2D eigenvalue weighted by Gasteiger charge is -2.08. The summed E-state index contributed by atoms with van der Waals surface area (Å²) in [6.45, 7) is 0.803. The van der Waals surface area contributed by atoms with Crippen molar-refractivity contribution in [2.75, 3.05) is 6.61 Å². The molecule has 8 nitrogen and oxygen atoms in total. The molecular formula is C15H13NO7. The van der Waals surface area contributed by atoms with Crippen LogP contribution in [0.1, 0.15) is 26.5 Å². The van der Waals surface area contributed by atoms with Gasteiger partial charge in [0.15, 0.2) is 23.9 Å². The normalized spacial score (nSPS) is 10.1. The monoisotopic (exact) mass is 319 g/mol. The second kappa shape index (κ2) is 6.65. The highest BCUT2D eigenvalue weighted by molar-refractivity contribution is 6.04. The molecule has 2 aromatic rings. The lowest BCUT2D eigenvalue weighted by Crippen LogP contribution is -2.34. The van der Waals surface area contributed by atoms with E-state index in [0.717, 1.165) is 0 Å². The number of phenols is 2. The van der Waals surface area contributed by atoms with E-state index < -0.39 is 35.9 Å². The fourth-order valence-electron chi connectivity index (χ4n) is 1.69. The summed E-state index contributed by atoms with van der Waals surface area (Å²) >= 11 is 0. The van der Waals surface area contributed by atoms with Crippen molar-refractivity contribution in [3.8, 4) is 11.5 Å². The summed E-state index contributed by atoms with van der Waals surface area (Å²) in [5, 5.41) is 21.2. The van der Waals surface area contributed by atoms with Gasteiger partial charge in [-0.2, -0.15) is 0 Å². The van der Waals surface area contributed by atoms with Gasteiger partial charge in [-0.1, -0.05) is 6.07 Å². The van der Waals surface area contributed by atoms with Crippen LogP contribution < -0.4 is 5.32 Å². The molecule has 2 amide bonds. The SMILES string of the molecule is Cc1ccc(C(=O)OCC(=O)NC(=O)c2ccco2)c(O)c1O. The van der Waals surface area contributed by atoms with Crippen LogP contribution in [0.5, 0.6) is 11.5 Å². The summed E-state index contributed by atoms with van der Waals surface area (Å²) in [5.74, 6) is -3.80. The Morgan fingerprint density at radius 1 is 1.17 bits per heavy atom. The minimum atomic E-state index is -1.02. The van der Waals surface area contributed by atoms with Crippen molar-refractivity contribution in [3.63, 3.8) is 0 Å². The van der Waals surface area contributed by atoms with E-state index in [1.54, 1.807) is 0 Å². The van der Waals surface area contributed by atoms with E-state index in [2.05, 4.69) is 4.74 Å². The number of hydrogen-bond donors (Lipinski definition) is 3. The topological polar surface area (TPSA) is 126 Å². The minimum absolute atomic E-state index is 0.0641. The number of hydrogen-bond acceptors (Lipinski definition) is 7. The quantitative estimate of drug-likeness (QED) is 0.569. The maximum atomic E-state index is 11.8. The van der Waals surface area contributed by atoms with Gasteiger partial charge in [0.25, 0.3) is 11.8 Å². The highest BCUT2D eigenvalue weighted by Gasteiger charge is 2.19. The summed E-state index contributed by atoms with van der Waals surface area (Å²) in [6.07, 6.45) is 1.27. The van der Waals surface area contributed by atoms with Crippen LogP contribution in [0.3, 0.4) is 0 Å². The molecule has 0 spiro atoms. The number of carbonyl (C=O) groups is 3. The molecule has 0 aliphatic heterocycles. The predicted molar refractivity (Wildman–Crippen MR) is 76.0 cm³/mol. The summed E-state index contributed by atoms with van der Waals surface area (Å²) in [4.78, 5) is 34.8. The molecule has 8 heteroatoms. The Labute approximate surface area is 130 Å². The third kappa shape index (κ3) is 3.67. The second-order valence-corrected chi connectivity index (χ2v) is 4.56. The molecule has 0 aliphatic carbocycles. The van der Waals surface area contributed by atoms with Crippen molar-refractivity contribution < 1.29 is 33.8 Å². The third-order valence-corrected chi connectivity index (χ3v) is 2.91. The summed E-state index contributed by atoms with van der Waals surface area (Å²) in [5.41, 5.74) is 0.0825. The smallest absolute Gasteiger partial charge is 0.342 e. The average Bonchev–Trinajstić information content (AvgIpc) is 3.05. The van der Waals surface area contributed by atoms with Crippen molar-refractivity contribution in [2.45, 2.75) is 6.92 Å². The zero-order valence-electron chi connectivity index (χ0n) is 12.0. The van der Waals surface area contributed by atoms with Crippen LogP contribution in [-0.2, 0) is 9.53 Å². The molecule has 0 aliphatic rings. The van der Waals surface area contributed by atoms with Crippen LogP contribution in [0.25, 0.3) is 0 Å². The number of rotatable bonds is 4. The van der Waals surface area contributed by atoms with Crippen LogP contribution in [0.2, 0.25) is 0 Å². The first-order valence-electron chi connectivity index (χ1n) is 6.46. The molecule has 2 rings (SSSR count). The maximum Gasteiger partial charge on any atom is 0.342 e. The van der Waals surface area contributed by atoms with Gasteiger partial charge in [-0.3, -0.25) is 14.9 Å². The number of furan rings is 1. The standard InChI is InChI=1S/C15H13NO7/c1-8-4-5-9(13(19)12(8)18)15(21)23-7-11(17)16-14(20)10-3-2-6-22-10/h2-6,18-19H,7H2,1H3,(H,16,17,20). The van der Waals surface area contributed by atoms with Crippen molar-refractivity contribution in [1.29, 1.82) is 0 Å². The Kier molecular flexibility index (Phi) is 4.65. The number of benzene rings is 1. The molecule has 0 radical (unpaired) electrons. The van der Waals surface area contributed by atoms with Crippen LogP contribution in [0, 0.1) is 6.92 Å². The number of imide groups is 1.